The molecule has 0 saturated heterocycles. The maximum atomic E-state index is 12.0. The minimum absolute atomic E-state index is 0.221. The number of rotatable bonds is 7. The Morgan fingerprint density at radius 3 is 2.48 bits per heavy atom. The maximum absolute atomic E-state index is 12.0. The number of ether oxygens (including phenoxy) is 1. The third-order valence-electron chi connectivity index (χ3n) is 3.25. The van der Waals surface area contributed by atoms with Crippen LogP contribution in [0, 0.1) is 5.92 Å². The van der Waals surface area contributed by atoms with Gasteiger partial charge in [-0.25, -0.2) is 4.79 Å². The molecular formula is C19H24N2O2. The second kappa shape index (κ2) is 8.83. The lowest BCUT2D eigenvalue weighted by molar-refractivity contribution is 0.251. The van der Waals surface area contributed by atoms with E-state index in [0.29, 0.717) is 30.5 Å². The number of benzene rings is 2. The highest BCUT2D eigenvalue weighted by atomic mass is 16.5. The molecule has 0 fully saturated rings. The first-order valence-corrected chi connectivity index (χ1v) is 7.96. The van der Waals surface area contributed by atoms with Gasteiger partial charge >= 0.3 is 6.03 Å². The molecule has 2 aromatic carbocycles. The number of carbonyl (C=O) groups excluding carboxylic acids is 1. The molecule has 23 heavy (non-hydrogen) atoms. The van der Waals surface area contributed by atoms with Crippen LogP contribution < -0.4 is 15.4 Å². The first-order chi connectivity index (χ1) is 11.1. The number of para-hydroxylation sites is 2. The highest BCUT2D eigenvalue weighted by Crippen LogP contribution is 2.24. The fourth-order valence-electron chi connectivity index (χ4n) is 2.08. The van der Waals surface area contributed by atoms with Gasteiger partial charge in [-0.1, -0.05) is 56.3 Å². The molecular weight excluding hydrogens is 288 g/mol. The van der Waals surface area contributed by atoms with E-state index in [1.807, 2.05) is 42.5 Å². The minimum atomic E-state index is -0.221. The molecule has 0 radical (unpaired) electrons. The van der Waals surface area contributed by atoms with Crippen LogP contribution in [0.5, 0.6) is 5.75 Å². The van der Waals surface area contributed by atoms with Crippen LogP contribution in [0.25, 0.3) is 0 Å². The van der Waals surface area contributed by atoms with Crippen molar-refractivity contribution in [3.05, 3.63) is 60.2 Å². The van der Waals surface area contributed by atoms with Crippen molar-refractivity contribution in [2.75, 3.05) is 18.5 Å². The predicted molar refractivity (Wildman–Crippen MR) is 93.9 cm³/mol. The average molecular weight is 312 g/mol. The highest BCUT2D eigenvalue weighted by molar-refractivity contribution is 5.90. The molecule has 2 amide bonds. The van der Waals surface area contributed by atoms with E-state index in [1.54, 1.807) is 0 Å². The van der Waals surface area contributed by atoms with E-state index in [0.717, 1.165) is 6.42 Å². The number of hydrogen-bond acceptors (Lipinski definition) is 2. The molecule has 2 rings (SSSR count). The molecule has 4 heteroatoms. The van der Waals surface area contributed by atoms with E-state index in [2.05, 4.69) is 36.6 Å². The van der Waals surface area contributed by atoms with E-state index in [1.165, 1.54) is 5.56 Å². The largest absolute Gasteiger partial charge is 0.491 e. The molecule has 0 aliphatic carbocycles. The first-order valence-electron chi connectivity index (χ1n) is 7.96. The zero-order valence-electron chi connectivity index (χ0n) is 13.7. The SMILES string of the molecule is CC(C)COc1ccccc1NC(=O)NCCc1ccccc1. The van der Waals surface area contributed by atoms with Gasteiger partial charge in [-0.2, -0.15) is 0 Å². The monoisotopic (exact) mass is 312 g/mol. The Bertz CT molecular complexity index is 612. The Labute approximate surface area is 137 Å². The normalized spacial score (nSPS) is 10.4. The van der Waals surface area contributed by atoms with Crippen molar-refractivity contribution in [1.82, 2.24) is 5.32 Å². The van der Waals surface area contributed by atoms with Gasteiger partial charge in [0.15, 0.2) is 0 Å². The van der Waals surface area contributed by atoms with Gasteiger partial charge in [0.05, 0.1) is 12.3 Å². The third kappa shape index (κ3) is 6.02. The summed E-state index contributed by atoms with van der Waals surface area (Å²) in [6.45, 7) is 5.39. The van der Waals surface area contributed by atoms with E-state index in [9.17, 15) is 4.79 Å². The summed E-state index contributed by atoms with van der Waals surface area (Å²) >= 11 is 0. The lowest BCUT2D eigenvalue weighted by Gasteiger charge is -2.14. The summed E-state index contributed by atoms with van der Waals surface area (Å²) in [5.41, 5.74) is 1.89. The Morgan fingerprint density at radius 2 is 1.74 bits per heavy atom. The average Bonchev–Trinajstić information content (AvgIpc) is 2.55. The van der Waals surface area contributed by atoms with Crippen molar-refractivity contribution in [2.45, 2.75) is 20.3 Å². The molecule has 0 saturated carbocycles. The predicted octanol–water partition coefficient (Wildman–Crippen LogP) is 4.09. The molecule has 0 aliphatic rings. The zero-order chi connectivity index (χ0) is 16.5. The summed E-state index contributed by atoms with van der Waals surface area (Å²) in [4.78, 5) is 12.0. The second-order valence-electron chi connectivity index (χ2n) is 5.82. The molecule has 2 N–H and O–H groups in total. The number of nitrogens with one attached hydrogen (secondary N) is 2. The Hall–Kier alpha value is -2.49. The van der Waals surface area contributed by atoms with Crippen molar-refractivity contribution >= 4 is 11.7 Å². The van der Waals surface area contributed by atoms with Crippen molar-refractivity contribution in [3.63, 3.8) is 0 Å². The smallest absolute Gasteiger partial charge is 0.319 e. The fraction of sp³-hybridized carbons (Fsp3) is 0.316. The molecule has 4 nitrogen and oxygen atoms in total. The van der Waals surface area contributed by atoms with E-state index in [4.69, 9.17) is 4.74 Å². The third-order valence-corrected chi connectivity index (χ3v) is 3.25. The van der Waals surface area contributed by atoms with Gasteiger partial charge in [0.25, 0.3) is 0 Å². The van der Waals surface area contributed by atoms with Crippen LogP contribution in [0.2, 0.25) is 0 Å². The Kier molecular flexibility index (Phi) is 6.48. The van der Waals surface area contributed by atoms with Crippen LogP contribution in [0.4, 0.5) is 10.5 Å². The van der Waals surface area contributed by atoms with Gasteiger partial charge in [-0.3, -0.25) is 0 Å². The molecule has 0 unspecified atom stereocenters. The molecule has 0 spiro atoms. The number of hydrogen-bond donors (Lipinski definition) is 2. The van der Waals surface area contributed by atoms with Crippen LogP contribution >= 0.6 is 0 Å². The lowest BCUT2D eigenvalue weighted by atomic mass is 10.1. The molecule has 0 heterocycles. The molecule has 0 bridgehead atoms. The second-order valence-corrected chi connectivity index (χ2v) is 5.82. The molecule has 122 valence electrons. The first kappa shape index (κ1) is 16.9. The Balaban J connectivity index is 1.83. The van der Waals surface area contributed by atoms with Gasteiger partial charge in [0.1, 0.15) is 5.75 Å². The standard InChI is InChI=1S/C19H24N2O2/c1-15(2)14-23-18-11-7-6-10-17(18)21-19(22)20-13-12-16-8-4-3-5-9-16/h3-11,15H,12-14H2,1-2H3,(H2,20,21,22). The van der Waals surface area contributed by atoms with Gasteiger partial charge in [-0.15, -0.1) is 0 Å². The summed E-state index contributed by atoms with van der Waals surface area (Å²) in [7, 11) is 0. The van der Waals surface area contributed by atoms with Crippen molar-refractivity contribution < 1.29 is 9.53 Å². The Morgan fingerprint density at radius 1 is 1.04 bits per heavy atom. The topological polar surface area (TPSA) is 50.4 Å². The lowest BCUT2D eigenvalue weighted by Crippen LogP contribution is -2.30. The summed E-state index contributed by atoms with van der Waals surface area (Å²) in [5, 5.41) is 5.71. The fourth-order valence-corrected chi connectivity index (χ4v) is 2.08. The van der Waals surface area contributed by atoms with Crippen molar-refractivity contribution in [1.29, 1.82) is 0 Å². The van der Waals surface area contributed by atoms with Gasteiger partial charge in [0, 0.05) is 6.54 Å². The quantitative estimate of drug-likeness (QED) is 0.809. The van der Waals surface area contributed by atoms with E-state index in [-0.39, 0.29) is 6.03 Å². The van der Waals surface area contributed by atoms with E-state index < -0.39 is 0 Å². The summed E-state index contributed by atoms with van der Waals surface area (Å²) in [6, 6.07) is 17.3. The van der Waals surface area contributed by atoms with Crippen LogP contribution in [0.1, 0.15) is 19.4 Å². The van der Waals surface area contributed by atoms with Crippen LogP contribution in [-0.2, 0) is 6.42 Å². The van der Waals surface area contributed by atoms with Crippen LogP contribution in [-0.4, -0.2) is 19.2 Å². The molecule has 0 aliphatic heterocycles. The van der Waals surface area contributed by atoms with Crippen LogP contribution in [0.3, 0.4) is 0 Å². The summed E-state index contributed by atoms with van der Waals surface area (Å²) in [5.74, 6) is 1.13. The molecule has 2 aromatic rings. The minimum Gasteiger partial charge on any atom is -0.491 e. The molecule has 0 atom stereocenters. The number of amides is 2. The zero-order valence-corrected chi connectivity index (χ0v) is 13.7. The molecule has 0 aromatic heterocycles. The van der Waals surface area contributed by atoms with E-state index >= 15 is 0 Å². The maximum Gasteiger partial charge on any atom is 0.319 e. The van der Waals surface area contributed by atoms with Crippen molar-refractivity contribution in [3.8, 4) is 5.75 Å². The van der Waals surface area contributed by atoms with Crippen LogP contribution in [0.15, 0.2) is 54.6 Å². The number of anilines is 1. The summed E-state index contributed by atoms with van der Waals surface area (Å²) in [6.07, 6.45) is 0.805. The number of urea groups is 1. The van der Waals surface area contributed by atoms with Gasteiger partial charge < -0.3 is 15.4 Å². The highest BCUT2D eigenvalue weighted by Gasteiger charge is 2.07. The van der Waals surface area contributed by atoms with Gasteiger partial charge in [0.2, 0.25) is 0 Å². The summed E-state index contributed by atoms with van der Waals surface area (Å²) < 4.78 is 5.73. The van der Waals surface area contributed by atoms with Gasteiger partial charge in [-0.05, 0) is 30.0 Å². The number of carbonyl (C=O) groups is 1. The van der Waals surface area contributed by atoms with Crippen molar-refractivity contribution in [2.24, 2.45) is 5.92 Å².